The van der Waals surface area contributed by atoms with Crippen LogP contribution in [0.2, 0.25) is 0 Å². The van der Waals surface area contributed by atoms with Crippen LogP contribution < -0.4 is 19.6 Å². The minimum atomic E-state index is -0.910. The number of aromatic hydroxyl groups is 2. The predicted octanol–water partition coefficient (Wildman–Crippen LogP) is 2.96. The summed E-state index contributed by atoms with van der Waals surface area (Å²) in [6.07, 6.45) is 0.666. The number of hydrogen-bond acceptors (Lipinski definition) is 8. The summed E-state index contributed by atoms with van der Waals surface area (Å²) in [5.41, 5.74) is -0.290. The Labute approximate surface area is 171 Å². The summed E-state index contributed by atoms with van der Waals surface area (Å²) < 4.78 is 22.6. The van der Waals surface area contributed by atoms with Crippen molar-refractivity contribution in [2.24, 2.45) is 0 Å². The van der Waals surface area contributed by atoms with Crippen molar-refractivity contribution in [3.8, 4) is 39.9 Å². The maximum atomic E-state index is 13.2. The van der Waals surface area contributed by atoms with E-state index in [2.05, 4.69) is 0 Å². The van der Waals surface area contributed by atoms with Crippen molar-refractivity contribution in [3.63, 3.8) is 0 Å². The van der Waals surface area contributed by atoms with E-state index in [1.54, 1.807) is 19.9 Å². The lowest BCUT2D eigenvalue weighted by molar-refractivity contribution is -0.0413. The number of benzene rings is 2. The van der Waals surface area contributed by atoms with E-state index in [0.29, 0.717) is 28.4 Å². The van der Waals surface area contributed by atoms with Gasteiger partial charge in [-0.25, -0.2) is 0 Å². The number of phenolic OH excluding ortho intramolecular Hbond substituents is 2. The molecule has 2 heterocycles. The molecule has 4 rings (SSSR count). The smallest absolute Gasteiger partial charge is 0.204 e. The Bertz CT molecular complexity index is 1210. The van der Waals surface area contributed by atoms with Crippen LogP contribution in [0.1, 0.15) is 19.4 Å². The van der Waals surface area contributed by atoms with Crippen LogP contribution in [0.25, 0.3) is 22.1 Å². The summed E-state index contributed by atoms with van der Waals surface area (Å²) >= 11 is 0. The predicted molar refractivity (Wildman–Crippen MR) is 109 cm³/mol. The van der Waals surface area contributed by atoms with Gasteiger partial charge in [0, 0.05) is 29.7 Å². The Hall–Kier alpha value is -3.39. The maximum Gasteiger partial charge on any atom is 0.204 e. The lowest BCUT2D eigenvalue weighted by Crippen LogP contribution is -2.46. The lowest BCUT2D eigenvalue weighted by atomic mass is 9.88. The van der Waals surface area contributed by atoms with Gasteiger partial charge in [0.05, 0.1) is 25.9 Å². The molecular weight excluding hydrogens is 392 g/mol. The Morgan fingerprint density at radius 2 is 1.83 bits per heavy atom. The Morgan fingerprint density at radius 3 is 2.50 bits per heavy atom. The van der Waals surface area contributed by atoms with Gasteiger partial charge < -0.3 is 33.9 Å². The Balaban J connectivity index is 2.06. The van der Waals surface area contributed by atoms with Crippen LogP contribution in [-0.2, 0) is 6.42 Å². The molecule has 0 spiro atoms. The van der Waals surface area contributed by atoms with Gasteiger partial charge in [0.15, 0.2) is 11.5 Å². The summed E-state index contributed by atoms with van der Waals surface area (Å²) in [5.74, 6) is 0.512. The number of rotatable bonds is 3. The fraction of sp³-hybridized carbons (Fsp3) is 0.318. The van der Waals surface area contributed by atoms with E-state index in [9.17, 15) is 20.1 Å². The normalized spacial score (nSPS) is 17.3. The van der Waals surface area contributed by atoms with E-state index >= 15 is 0 Å². The standard InChI is InChI=1S/C22H22O8/c1-22(2)17(25)8-12-20(30-22)11(7-16(27-3)21(12)28-4)13-9-29-15-6-10(23)5-14(24)18(15)19(13)26/h5-7,9,17,23-25H,8H2,1-4H3. The van der Waals surface area contributed by atoms with Crippen LogP contribution in [-0.4, -0.2) is 41.2 Å². The number of aliphatic hydroxyl groups excluding tert-OH is 1. The minimum absolute atomic E-state index is 0.0484. The molecule has 0 radical (unpaired) electrons. The molecule has 0 saturated carbocycles. The first kappa shape index (κ1) is 19.9. The summed E-state index contributed by atoms with van der Waals surface area (Å²) in [7, 11) is 2.95. The SMILES string of the molecule is COc1cc(-c2coc3cc(O)cc(O)c3c2=O)c2c(c1OC)CC(O)C(C)(C)O2. The third-order valence-corrected chi connectivity index (χ3v) is 5.41. The Kier molecular flexibility index (Phi) is 4.54. The summed E-state index contributed by atoms with van der Waals surface area (Å²) in [4.78, 5) is 13.2. The number of ether oxygens (including phenoxy) is 3. The highest BCUT2D eigenvalue weighted by Gasteiger charge is 2.40. The van der Waals surface area contributed by atoms with Crippen molar-refractivity contribution in [2.75, 3.05) is 14.2 Å². The van der Waals surface area contributed by atoms with Crippen molar-refractivity contribution < 1.29 is 33.9 Å². The van der Waals surface area contributed by atoms with Crippen LogP contribution in [0.5, 0.6) is 28.7 Å². The van der Waals surface area contributed by atoms with Gasteiger partial charge in [0.2, 0.25) is 5.43 Å². The zero-order chi connectivity index (χ0) is 21.8. The molecular formula is C22H22O8. The van der Waals surface area contributed by atoms with E-state index in [0.717, 1.165) is 6.07 Å². The van der Waals surface area contributed by atoms with E-state index in [1.807, 2.05) is 0 Å². The second-order valence-corrected chi connectivity index (χ2v) is 7.71. The van der Waals surface area contributed by atoms with Gasteiger partial charge in [-0.3, -0.25) is 4.79 Å². The first-order chi connectivity index (χ1) is 14.2. The zero-order valence-corrected chi connectivity index (χ0v) is 17.0. The monoisotopic (exact) mass is 414 g/mol. The molecule has 2 aromatic carbocycles. The van der Waals surface area contributed by atoms with Crippen molar-refractivity contribution in [2.45, 2.75) is 32.0 Å². The molecule has 1 aliphatic heterocycles. The molecule has 0 bridgehead atoms. The number of methoxy groups -OCH3 is 2. The van der Waals surface area contributed by atoms with Crippen LogP contribution in [0.3, 0.4) is 0 Å². The van der Waals surface area contributed by atoms with Crippen LogP contribution in [0.4, 0.5) is 0 Å². The van der Waals surface area contributed by atoms with Gasteiger partial charge in [-0.2, -0.15) is 0 Å². The van der Waals surface area contributed by atoms with Gasteiger partial charge in [-0.05, 0) is 19.9 Å². The van der Waals surface area contributed by atoms with E-state index in [4.69, 9.17) is 18.6 Å². The van der Waals surface area contributed by atoms with Crippen LogP contribution >= 0.6 is 0 Å². The number of fused-ring (bicyclic) bond motifs is 2. The fourth-order valence-corrected chi connectivity index (χ4v) is 3.73. The Morgan fingerprint density at radius 1 is 1.10 bits per heavy atom. The van der Waals surface area contributed by atoms with Crippen molar-refractivity contribution >= 4 is 11.0 Å². The molecule has 0 aliphatic carbocycles. The molecule has 3 aromatic rings. The van der Waals surface area contributed by atoms with E-state index < -0.39 is 22.9 Å². The molecule has 8 nitrogen and oxygen atoms in total. The average molecular weight is 414 g/mol. The number of aliphatic hydroxyl groups is 1. The molecule has 1 aliphatic rings. The largest absolute Gasteiger partial charge is 0.508 e. The van der Waals surface area contributed by atoms with Gasteiger partial charge in [-0.15, -0.1) is 0 Å². The van der Waals surface area contributed by atoms with Crippen molar-refractivity contribution in [1.82, 2.24) is 0 Å². The highest BCUT2D eigenvalue weighted by molar-refractivity contribution is 5.89. The molecule has 3 N–H and O–H groups in total. The topological polar surface area (TPSA) is 119 Å². The van der Waals surface area contributed by atoms with Crippen molar-refractivity contribution in [1.29, 1.82) is 0 Å². The maximum absolute atomic E-state index is 13.2. The quantitative estimate of drug-likeness (QED) is 0.599. The fourth-order valence-electron chi connectivity index (χ4n) is 3.73. The zero-order valence-electron chi connectivity index (χ0n) is 17.0. The van der Waals surface area contributed by atoms with Gasteiger partial charge >= 0.3 is 0 Å². The third-order valence-electron chi connectivity index (χ3n) is 5.41. The highest BCUT2D eigenvalue weighted by atomic mass is 16.5. The molecule has 1 atom stereocenters. The van der Waals surface area contributed by atoms with Gasteiger partial charge in [-0.1, -0.05) is 0 Å². The van der Waals surface area contributed by atoms with Gasteiger partial charge in [0.1, 0.15) is 40.1 Å². The molecule has 1 unspecified atom stereocenters. The molecule has 0 fully saturated rings. The molecule has 30 heavy (non-hydrogen) atoms. The number of hydrogen-bond donors (Lipinski definition) is 3. The molecule has 0 amide bonds. The second kappa shape index (κ2) is 6.84. The lowest BCUT2D eigenvalue weighted by Gasteiger charge is -2.38. The first-order valence-electron chi connectivity index (χ1n) is 9.30. The van der Waals surface area contributed by atoms with Gasteiger partial charge in [0.25, 0.3) is 0 Å². The van der Waals surface area contributed by atoms with E-state index in [1.165, 1.54) is 26.5 Å². The molecule has 8 heteroatoms. The highest BCUT2D eigenvalue weighted by Crippen LogP contribution is 2.49. The molecule has 158 valence electrons. The molecule has 0 saturated heterocycles. The summed E-state index contributed by atoms with van der Waals surface area (Å²) in [5, 5.41) is 30.3. The van der Waals surface area contributed by atoms with Crippen LogP contribution in [0.15, 0.2) is 33.7 Å². The third kappa shape index (κ3) is 2.91. The van der Waals surface area contributed by atoms with Crippen LogP contribution in [0, 0.1) is 0 Å². The summed E-state index contributed by atoms with van der Waals surface area (Å²) in [6.45, 7) is 3.50. The summed E-state index contributed by atoms with van der Waals surface area (Å²) in [6, 6.07) is 3.92. The van der Waals surface area contributed by atoms with Crippen molar-refractivity contribution in [3.05, 3.63) is 40.2 Å². The average Bonchev–Trinajstić information content (AvgIpc) is 2.67. The molecule has 1 aromatic heterocycles. The number of phenols is 2. The van der Waals surface area contributed by atoms with E-state index in [-0.39, 0.29) is 28.7 Å². The first-order valence-corrected chi connectivity index (χ1v) is 9.30. The second-order valence-electron chi connectivity index (χ2n) is 7.71. The minimum Gasteiger partial charge on any atom is -0.508 e.